The van der Waals surface area contributed by atoms with Crippen LogP contribution in [0.15, 0.2) is 42.6 Å². The van der Waals surface area contributed by atoms with Crippen LogP contribution in [-0.2, 0) is 0 Å². The van der Waals surface area contributed by atoms with Crippen LogP contribution in [0.25, 0.3) is 22.3 Å². The summed E-state index contributed by atoms with van der Waals surface area (Å²) in [6.45, 7) is 2.34. The maximum Gasteiger partial charge on any atom is 0.418 e. The zero-order chi connectivity index (χ0) is 17.3. The van der Waals surface area contributed by atoms with Gasteiger partial charge in [-0.15, -0.1) is 0 Å². The van der Waals surface area contributed by atoms with Crippen molar-refractivity contribution in [3.8, 4) is 17.0 Å². The van der Waals surface area contributed by atoms with Crippen molar-refractivity contribution in [1.29, 1.82) is 0 Å². The molecule has 0 fully saturated rings. The monoisotopic (exact) mass is 336 g/mol. The number of hydrogen-bond donors (Lipinski definition) is 2. The molecular weight excluding hydrogens is 321 g/mol. The van der Waals surface area contributed by atoms with Crippen molar-refractivity contribution in [3.05, 3.63) is 48.2 Å². The summed E-state index contributed by atoms with van der Waals surface area (Å²) < 4.78 is 44.6. The molecule has 0 spiro atoms. The smallest absolute Gasteiger partial charge is 0.418 e. The fourth-order valence-corrected chi connectivity index (χ4v) is 2.60. The maximum absolute atomic E-state index is 13.1. The number of benzene rings is 1. The van der Waals surface area contributed by atoms with Crippen LogP contribution in [0.1, 0.15) is 18.6 Å². The Hall–Kier alpha value is -2.54. The van der Waals surface area contributed by atoms with E-state index in [0.29, 0.717) is 23.6 Å². The lowest BCUT2D eigenvalue weighted by Crippen LogP contribution is -2.20. The zero-order valence-electron chi connectivity index (χ0n) is 12.8. The third-order valence-corrected chi connectivity index (χ3v) is 3.65. The van der Waals surface area contributed by atoms with Crippen LogP contribution in [0.4, 0.5) is 13.2 Å². The summed E-state index contributed by atoms with van der Waals surface area (Å²) in [7, 11) is 0. The van der Waals surface area contributed by atoms with Gasteiger partial charge in [-0.25, -0.2) is 4.98 Å². The van der Waals surface area contributed by atoms with Gasteiger partial charge in [-0.3, -0.25) is 0 Å². The average molecular weight is 336 g/mol. The number of aliphatic hydroxyl groups is 1. The Balaban J connectivity index is 2.16. The fraction of sp³-hybridized carbons (Fsp3) is 0.235. The summed E-state index contributed by atoms with van der Waals surface area (Å²) in [5.74, 6) is 0.619. The first-order valence-electron chi connectivity index (χ1n) is 7.36. The van der Waals surface area contributed by atoms with Crippen molar-refractivity contribution >= 4 is 11.0 Å². The highest BCUT2D eigenvalue weighted by molar-refractivity contribution is 5.89. The number of rotatable bonds is 4. The van der Waals surface area contributed by atoms with Crippen LogP contribution in [0.3, 0.4) is 0 Å². The van der Waals surface area contributed by atoms with E-state index in [2.05, 4.69) is 9.97 Å². The van der Waals surface area contributed by atoms with Crippen molar-refractivity contribution in [2.45, 2.75) is 19.2 Å². The summed E-state index contributed by atoms with van der Waals surface area (Å²) in [5.41, 5.74) is 0.765. The van der Waals surface area contributed by atoms with E-state index >= 15 is 0 Å². The number of nitrogens with one attached hydrogen (secondary N) is 1. The van der Waals surface area contributed by atoms with Gasteiger partial charge in [0.05, 0.1) is 12.3 Å². The van der Waals surface area contributed by atoms with Gasteiger partial charge in [0, 0.05) is 17.1 Å². The lowest BCUT2D eigenvalue weighted by Gasteiger charge is -2.16. The predicted octanol–water partition coefficient (Wildman–Crippen LogP) is 4.22. The van der Waals surface area contributed by atoms with Crippen LogP contribution in [-0.4, -0.2) is 27.9 Å². The molecular formula is C17H15F3N2O2. The molecule has 0 amide bonds. The van der Waals surface area contributed by atoms with E-state index in [1.807, 2.05) is 6.92 Å². The summed E-state index contributed by atoms with van der Waals surface area (Å²) in [6, 6.07) is 9.65. The zero-order valence-corrected chi connectivity index (χ0v) is 12.8. The second-order valence-corrected chi connectivity index (χ2v) is 5.21. The second-order valence-electron chi connectivity index (χ2n) is 5.21. The molecule has 0 radical (unpaired) electrons. The molecule has 2 aromatic heterocycles. The van der Waals surface area contributed by atoms with E-state index in [4.69, 9.17) is 4.74 Å². The van der Waals surface area contributed by atoms with Gasteiger partial charge in [0.1, 0.15) is 11.4 Å². The van der Waals surface area contributed by atoms with Crippen molar-refractivity contribution in [2.24, 2.45) is 0 Å². The van der Waals surface area contributed by atoms with E-state index in [9.17, 15) is 18.3 Å². The number of alkyl halides is 3. The van der Waals surface area contributed by atoms with Crippen LogP contribution in [0, 0.1) is 0 Å². The maximum atomic E-state index is 13.1. The summed E-state index contributed by atoms with van der Waals surface area (Å²) in [5, 5.41) is 10.1. The average Bonchev–Trinajstić information content (AvgIpc) is 2.93. The summed E-state index contributed by atoms with van der Waals surface area (Å²) >= 11 is 0. The van der Waals surface area contributed by atoms with E-state index in [1.165, 1.54) is 18.3 Å². The number of fused-ring (bicyclic) bond motifs is 1. The van der Waals surface area contributed by atoms with Gasteiger partial charge in [0.25, 0.3) is 0 Å². The number of ether oxygens (including phenoxy) is 1. The molecule has 126 valence electrons. The third-order valence-electron chi connectivity index (χ3n) is 3.65. The Kier molecular flexibility index (Phi) is 4.19. The summed E-state index contributed by atoms with van der Waals surface area (Å²) in [4.78, 5) is 6.91. The number of hydrogen-bond acceptors (Lipinski definition) is 3. The van der Waals surface area contributed by atoms with Crippen molar-refractivity contribution < 1.29 is 23.0 Å². The van der Waals surface area contributed by atoms with Gasteiger partial charge < -0.3 is 14.8 Å². The third kappa shape index (κ3) is 2.94. The van der Waals surface area contributed by atoms with Gasteiger partial charge in [-0.1, -0.05) is 0 Å². The molecule has 0 saturated carbocycles. The molecule has 3 rings (SSSR count). The van der Waals surface area contributed by atoms with E-state index in [0.717, 1.165) is 0 Å². The van der Waals surface area contributed by atoms with Crippen LogP contribution < -0.4 is 4.74 Å². The minimum Gasteiger partial charge on any atom is -0.494 e. The Morgan fingerprint density at radius 1 is 1.21 bits per heavy atom. The summed E-state index contributed by atoms with van der Waals surface area (Å²) in [6.07, 6.45) is -5.90. The molecule has 3 aromatic rings. The molecule has 24 heavy (non-hydrogen) atoms. The van der Waals surface area contributed by atoms with Crippen molar-refractivity contribution in [2.75, 3.05) is 6.61 Å². The molecule has 0 saturated heterocycles. The number of H-pyrrole nitrogens is 1. The van der Waals surface area contributed by atoms with E-state index in [-0.39, 0.29) is 16.6 Å². The first-order chi connectivity index (χ1) is 11.4. The minimum absolute atomic E-state index is 0.191. The molecule has 0 bridgehead atoms. The van der Waals surface area contributed by atoms with Gasteiger partial charge in [-0.05, 0) is 48.9 Å². The van der Waals surface area contributed by atoms with Gasteiger partial charge in [0.2, 0.25) is 0 Å². The highest BCUT2D eigenvalue weighted by Crippen LogP contribution is 2.41. The molecule has 0 aliphatic heterocycles. The molecule has 1 unspecified atom stereocenters. The number of halogens is 3. The first kappa shape index (κ1) is 16.3. The highest BCUT2D eigenvalue weighted by Gasteiger charge is 2.42. The molecule has 2 N–H and O–H groups in total. The van der Waals surface area contributed by atoms with Crippen molar-refractivity contribution in [3.63, 3.8) is 0 Å². The SMILES string of the molecule is CCOc1ccc(-c2[nH]c3ncccc3c2C(O)C(F)(F)F)cc1. The second kappa shape index (κ2) is 6.16. The number of pyridine rings is 1. The lowest BCUT2D eigenvalue weighted by molar-refractivity contribution is -0.206. The first-order valence-corrected chi connectivity index (χ1v) is 7.36. The Bertz CT molecular complexity index is 841. The Morgan fingerprint density at radius 2 is 1.92 bits per heavy atom. The molecule has 1 aromatic carbocycles. The molecule has 1 atom stereocenters. The highest BCUT2D eigenvalue weighted by atomic mass is 19.4. The Morgan fingerprint density at radius 3 is 2.54 bits per heavy atom. The van der Waals surface area contributed by atoms with Gasteiger partial charge in [0.15, 0.2) is 6.10 Å². The molecule has 4 nitrogen and oxygen atoms in total. The molecule has 7 heteroatoms. The van der Waals surface area contributed by atoms with Gasteiger partial charge >= 0.3 is 6.18 Å². The molecule has 0 aliphatic carbocycles. The predicted molar refractivity (Wildman–Crippen MR) is 83.7 cm³/mol. The van der Waals surface area contributed by atoms with Crippen molar-refractivity contribution in [1.82, 2.24) is 9.97 Å². The fourth-order valence-electron chi connectivity index (χ4n) is 2.60. The number of aromatic amines is 1. The van der Waals surface area contributed by atoms with E-state index < -0.39 is 12.3 Å². The molecule has 2 heterocycles. The standard InChI is InChI=1S/C17H15F3N2O2/c1-2-24-11-7-5-10(6-8-11)14-13(15(23)17(18,19)20)12-4-3-9-21-16(12)22-14/h3-9,15,23H,2H2,1H3,(H,21,22). The number of aromatic nitrogens is 2. The lowest BCUT2D eigenvalue weighted by atomic mass is 10.0. The van der Waals surface area contributed by atoms with Gasteiger partial charge in [-0.2, -0.15) is 13.2 Å². The van der Waals surface area contributed by atoms with Crippen LogP contribution in [0.2, 0.25) is 0 Å². The minimum atomic E-state index is -4.77. The topological polar surface area (TPSA) is 58.1 Å². The van der Waals surface area contributed by atoms with Crippen LogP contribution >= 0.6 is 0 Å². The molecule has 0 aliphatic rings. The quantitative estimate of drug-likeness (QED) is 0.750. The van der Waals surface area contributed by atoms with E-state index in [1.54, 1.807) is 24.3 Å². The number of aliphatic hydroxyl groups excluding tert-OH is 1. The Labute approximate surface area is 135 Å². The normalized spacial score (nSPS) is 13.2. The number of nitrogens with zero attached hydrogens (tertiary/aromatic N) is 1. The van der Waals surface area contributed by atoms with Crippen LogP contribution in [0.5, 0.6) is 5.75 Å². The largest absolute Gasteiger partial charge is 0.494 e.